The maximum atomic E-state index is 9.96. The lowest BCUT2D eigenvalue weighted by atomic mass is 10.2. The molecule has 0 amide bonds. The van der Waals surface area contributed by atoms with Gasteiger partial charge in [-0.15, -0.1) is 5.10 Å². The van der Waals surface area contributed by atoms with E-state index in [1.54, 1.807) is 16.9 Å². The van der Waals surface area contributed by atoms with Crippen LogP contribution >= 0.6 is 22.9 Å². The molecule has 3 aromatic rings. The summed E-state index contributed by atoms with van der Waals surface area (Å²) in [6.45, 7) is 1.86. The number of nitrogen functional groups attached to an aromatic ring is 1. The lowest BCUT2D eigenvalue weighted by molar-refractivity contribution is 0.470. The van der Waals surface area contributed by atoms with E-state index in [9.17, 15) is 5.11 Å². The molecule has 0 aliphatic carbocycles. The number of thiazole rings is 1. The molecule has 3 N–H and O–H groups in total. The zero-order chi connectivity index (χ0) is 12.9. The number of rotatable bonds is 1. The van der Waals surface area contributed by atoms with Crippen LogP contribution in [0.2, 0.25) is 5.02 Å². The SMILES string of the molecule is Cc1cc(Cl)cc(O)c1-n1cc2sc(N)nc2n1. The van der Waals surface area contributed by atoms with Crippen LogP contribution in [0, 0.1) is 6.92 Å². The first-order valence-corrected chi connectivity index (χ1v) is 6.35. The van der Waals surface area contributed by atoms with Crippen LogP contribution < -0.4 is 5.73 Å². The number of phenols is 1. The van der Waals surface area contributed by atoms with Crippen molar-refractivity contribution in [3.05, 3.63) is 28.9 Å². The van der Waals surface area contributed by atoms with Crippen molar-refractivity contribution in [2.24, 2.45) is 0 Å². The van der Waals surface area contributed by atoms with Crippen LogP contribution in [0.4, 0.5) is 5.13 Å². The van der Waals surface area contributed by atoms with Gasteiger partial charge in [-0.05, 0) is 18.6 Å². The van der Waals surface area contributed by atoms with Crippen molar-refractivity contribution >= 4 is 38.4 Å². The van der Waals surface area contributed by atoms with Crippen molar-refractivity contribution in [3.63, 3.8) is 0 Å². The Morgan fingerprint density at radius 2 is 2.22 bits per heavy atom. The maximum absolute atomic E-state index is 9.96. The van der Waals surface area contributed by atoms with Crippen LogP contribution in [0.25, 0.3) is 16.0 Å². The van der Waals surface area contributed by atoms with Crippen molar-refractivity contribution in [1.82, 2.24) is 14.8 Å². The smallest absolute Gasteiger partial charge is 0.194 e. The molecule has 0 fully saturated rings. The predicted molar refractivity (Wildman–Crippen MR) is 72.6 cm³/mol. The minimum Gasteiger partial charge on any atom is -0.506 e. The number of benzene rings is 1. The van der Waals surface area contributed by atoms with Gasteiger partial charge in [0.1, 0.15) is 11.4 Å². The van der Waals surface area contributed by atoms with E-state index in [0.717, 1.165) is 10.3 Å². The number of hydrogen-bond donors (Lipinski definition) is 2. The summed E-state index contributed by atoms with van der Waals surface area (Å²) in [4.78, 5) is 4.09. The summed E-state index contributed by atoms with van der Waals surface area (Å²) in [5.41, 5.74) is 7.61. The number of phenolic OH excluding ortho intramolecular Hbond substituents is 1. The first-order valence-electron chi connectivity index (χ1n) is 5.16. The minimum absolute atomic E-state index is 0.0862. The Labute approximate surface area is 111 Å². The lowest BCUT2D eigenvalue weighted by Gasteiger charge is -2.08. The molecule has 2 aromatic heterocycles. The summed E-state index contributed by atoms with van der Waals surface area (Å²) in [6, 6.07) is 3.26. The summed E-state index contributed by atoms with van der Waals surface area (Å²) < 4.78 is 2.47. The van der Waals surface area contributed by atoms with E-state index in [4.69, 9.17) is 17.3 Å². The molecule has 3 rings (SSSR count). The summed E-state index contributed by atoms with van der Waals surface area (Å²) in [7, 11) is 0. The number of nitrogens with zero attached hydrogens (tertiary/aromatic N) is 3. The molecule has 0 spiro atoms. The number of halogens is 1. The maximum Gasteiger partial charge on any atom is 0.194 e. The zero-order valence-corrected chi connectivity index (χ0v) is 11.0. The van der Waals surface area contributed by atoms with Gasteiger partial charge in [-0.1, -0.05) is 22.9 Å². The second-order valence-electron chi connectivity index (χ2n) is 3.90. The Bertz CT molecular complexity index is 694. The van der Waals surface area contributed by atoms with E-state index in [1.807, 2.05) is 6.92 Å². The molecule has 0 saturated heterocycles. The average molecular weight is 281 g/mol. The highest BCUT2D eigenvalue weighted by molar-refractivity contribution is 7.21. The Morgan fingerprint density at radius 1 is 1.44 bits per heavy atom. The van der Waals surface area contributed by atoms with Gasteiger partial charge in [0.2, 0.25) is 0 Å². The van der Waals surface area contributed by atoms with Crippen molar-refractivity contribution in [3.8, 4) is 11.4 Å². The van der Waals surface area contributed by atoms with Crippen molar-refractivity contribution < 1.29 is 5.11 Å². The quantitative estimate of drug-likeness (QED) is 0.718. The summed E-state index contributed by atoms with van der Waals surface area (Å²) in [6.07, 6.45) is 1.79. The summed E-state index contributed by atoms with van der Waals surface area (Å²) >= 11 is 7.23. The Kier molecular flexibility index (Phi) is 2.42. The summed E-state index contributed by atoms with van der Waals surface area (Å²) in [5.74, 6) is 0.0862. The Morgan fingerprint density at radius 3 is 2.89 bits per heavy atom. The van der Waals surface area contributed by atoms with Gasteiger partial charge in [0.25, 0.3) is 0 Å². The molecule has 0 bridgehead atoms. The van der Waals surface area contributed by atoms with Gasteiger partial charge in [0.05, 0.1) is 10.9 Å². The monoisotopic (exact) mass is 280 g/mol. The molecule has 2 heterocycles. The molecule has 18 heavy (non-hydrogen) atoms. The highest BCUT2D eigenvalue weighted by Crippen LogP contribution is 2.31. The third-order valence-electron chi connectivity index (χ3n) is 2.57. The molecule has 5 nitrogen and oxygen atoms in total. The van der Waals surface area contributed by atoms with Gasteiger partial charge < -0.3 is 10.8 Å². The number of anilines is 1. The second-order valence-corrected chi connectivity index (χ2v) is 5.40. The fourth-order valence-corrected chi connectivity index (χ4v) is 2.82. The fourth-order valence-electron chi connectivity index (χ4n) is 1.87. The topological polar surface area (TPSA) is 77.0 Å². The van der Waals surface area contributed by atoms with Crippen molar-refractivity contribution in [1.29, 1.82) is 0 Å². The molecular weight excluding hydrogens is 272 g/mol. The van der Waals surface area contributed by atoms with Crippen LogP contribution in [0.15, 0.2) is 18.3 Å². The second kappa shape index (κ2) is 3.86. The zero-order valence-electron chi connectivity index (χ0n) is 9.38. The fraction of sp³-hybridized carbons (Fsp3) is 0.0909. The van der Waals surface area contributed by atoms with Crippen molar-refractivity contribution in [2.45, 2.75) is 6.92 Å². The molecule has 0 unspecified atom stereocenters. The first kappa shape index (κ1) is 11.3. The molecule has 1 aromatic carbocycles. The predicted octanol–water partition coefficient (Wildman–Crippen LogP) is 2.73. The number of nitrogens with two attached hydrogens (primary N) is 1. The third kappa shape index (κ3) is 1.70. The van der Waals surface area contributed by atoms with Crippen LogP contribution in [-0.4, -0.2) is 19.9 Å². The molecule has 0 aliphatic heterocycles. The largest absolute Gasteiger partial charge is 0.506 e. The molecule has 0 atom stereocenters. The summed E-state index contributed by atoms with van der Waals surface area (Å²) in [5, 5.41) is 15.2. The minimum atomic E-state index is 0.0862. The molecular formula is C11H9ClN4OS. The van der Waals surface area contributed by atoms with Gasteiger partial charge >= 0.3 is 0 Å². The normalized spacial score (nSPS) is 11.2. The van der Waals surface area contributed by atoms with Gasteiger partial charge in [0.15, 0.2) is 10.8 Å². The van der Waals surface area contributed by atoms with Crippen LogP contribution in [0.3, 0.4) is 0 Å². The Balaban J connectivity index is 2.22. The van der Waals surface area contributed by atoms with E-state index < -0.39 is 0 Å². The number of fused-ring (bicyclic) bond motifs is 1. The number of aromatic nitrogens is 3. The molecule has 92 valence electrons. The standard InChI is InChI=1S/C11H9ClN4OS/c1-5-2-6(12)3-7(17)9(5)16-4-8-10(15-16)14-11(13)18-8/h2-4,17H,1H3,(H2,13,14,15). The van der Waals surface area contributed by atoms with Crippen LogP contribution in [0.1, 0.15) is 5.56 Å². The van der Waals surface area contributed by atoms with Crippen molar-refractivity contribution in [2.75, 3.05) is 5.73 Å². The highest BCUT2D eigenvalue weighted by atomic mass is 35.5. The first-order chi connectivity index (χ1) is 8.54. The van der Waals surface area contributed by atoms with E-state index in [1.165, 1.54) is 17.4 Å². The van der Waals surface area contributed by atoms with Crippen LogP contribution in [0.5, 0.6) is 5.75 Å². The molecule has 7 heteroatoms. The van der Waals surface area contributed by atoms with Gasteiger partial charge in [-0.3, -0.25) is 0 Å². The lowest BCUT2D eigenvalue weighted by Crippen LogP contribution is -1.98. The van der Waals surface area contributed by atoms with E-state index >= 15 is 0 Å². The van der Waals surface area contributed by atoms with E-state index in [0.29, 0.717) is 21.5 Å². The third-order valence-corrected chi connectivity index (χ3v) is 3.59. The van der Waals surface area contributed by atoms with Gasteiger partial charge in [0, 0.05) is 11.1 Å². The Hall–Kier alpha value is -1.79. The van der Waals surface area contributed by atoms with E-state index in [-0.39, 0.29) is 5.75 Å². The van der Waals surface area contributed by atoms with E-state index in [2.05, 4.69) is 10.1 Å². The average Bonchev–Trinajstić information content (AvgIpc) is 2.72. The van der Waals surface area contributed by atoms with Gasteiger partial charge in [-0.25, -0.2) is 4.68 Å². The van der Waals surface area contributed by atoms with Crippen LogP contribution in [-0.2, 0) is 0 Å². The number of hydrogen-bond acceptors (Lipinski definition) is 5. The van der Waals surface area contributed by atoms with Gasteiger partial charge in [-0.2, -0.15) is 4.98 Å². The number of aromatic hydroxyl groups is 1. The highest BCUT2D eigenvalue weighted by Gasteiger charge is 2.13. The number of aryl methyl sites for hydroxylation is 1. The molecule has 0 saturated carbocycles. The molecule has 0 radical (unpaired) electrons. The molecule has 0 aliphatic rings.